The van der Waals surface area contributed by atoms with Crippen molar-refractivity contribution in [1.29, 1.82) is 0 Å². The van der Waals surface area contributed by atoms with Gasteiger partial charge in [-0.25, -0.2) is 0 Å². The van der Waals surface area contributed by atoms with Crippen LogP contribution in [0.15, 0.2) is 4.52 Å². The minimum Gasteiger partial charge on any atom is -0.339 e. The smallest absolute Gasteiger partial charge is 0.231 e. The van der Waals surface area contributed by atoms with Gasteiger partial charge in [0.15, 0.2) is 5.82 Å². The van der Waals surface area contributed by atoms with Crippen LogP contribution in [-0.2, 0) is 0 Å². The Bertz CT molecular complexity index is 384. The Balaban J connectivity index is 1.66. The molecule has 4 nitrogen and oxygen atoms in total. The SMILES string of the molecule is CCC1CCC(c2noc([C@H]3CCCNC3)n2)C1. The van der Waals surface area contributed by atoms with E-state index in [1.165, 1.54) is 38.5 Å². The molecule has 1 saturated heterocycles. The molecule has 0 aromatic carbocycles. The second kappa shape index (κ2) is 5.39. The monoisotopic (exact) mass is 249 g/mol. The molecule has 4 heteroatoms. The highest BCUT2D eigenvalue weighted by Gasteiger charge is 2.29. The van der Waals surface area contributed by atoms with Crippen molar-refractivity contribution in [2.75, 3.05) is 13.1 Å². The normalized spacial score (nSPS) is 32.8. The molecule has 0 amide bonds. The molecule has 1 aliphatic heterocycles. The molecule has 1 saturated carbocycles. The Morgan fingerprint density at radius 3 is 2.94 bits per heavy atom. The van der Waals surface area contributed by atoms with E-state index >= 15 is 0 Å². The van der Waals surface area contributed by atoms with Crippen LogP contribution in [0.1, 0.15) is 69.0 Å². The summed E-state index contributed by atoms with van der Waals surface area (Å²) in [6.45, 7) is 4.39. The summed E-state index contributed by atoms with van der Waals surface area (Å²) in [5, 5.41) is 7.63. The summed E-state index contributed by atoms with van der Waals surface area (Å²) in [5.74, 6) is 3.67. The van der Waals surface area contributed by atoms with E-state index in [9.17, 15) is 0 Å². The molecule has 3 atom stereocenters. The van der Waals surface area contributed by atoms with Crippen molar-refractivity contribution in [3.05, 3.63) is 11.7 Å². The van der Waals surface area contributed by atoms with Crippen molar-refractivity contribution >= 4 is 0 Å². The quantitative estimate of drug-likeness (QED) is 0.895. The van der Waals surface area contributed by atoms with E-state index in [-0.39, 0.29) is 0 Å². The maximum absolute atomic E-state index is 5.48. The van der Waals surface area contributed by atoms with E-state index in [2.05, 4.69) is 22.4 Å². The molecule has 3 rings (SSSR count). The predicted molar refractivity (Wildman–Crippen MR) is 69.5 cm³/mol. The second-order valence-corrected chi connectivity index (χ2v) is 5.82. The fourth-order valence-electron chi connectivity index (χ4n) is 3.32. The summed E-state index contributed by atoms with van der Waals surface area (Å²) in [6.07, 6.45) is 7.49. The summed E-state index contributed by atoms with van der Waals surface area (Å²) in [5.41, 5.74) is 0. The summed E-state index contributed by atoms with van der Waals surface area (Å²) in [6, 6.07) is 0. The molecule has 2 fully saturated rings. The fraction of sp³-hybridized carbons (Fsp3) is 0.857. The summed E-state index contributed by atoms with van der Waals surface area (Å²) in [7, 11) is 0. The lowest BCUT2D eigenvalue weighted by molar-refractivity contribution is 0.318. The van der Waals surface area contributed by atoms with Crippen molar-refractivity contribution < 1.29 is 4.52 Å². The van der Waals surface area contributed by atoms with Gasteiger partial charge in [-0.05, 0) is 44.6 Å². The van der Waals surface area contributed by atoms with E-state index < -0.39 is 0 Å². The fourth-order valence-corrected chi connectivity index (χ4v) is 3.32. The van der Waals surface area contributed by atoms with Gasteiger partial charge in [-0.2, -0.15) is 4.98 Å². The third-order valence-electron chi connectivity index (χ3n) is 4.59. The second-order valence-electron chi connectivity index (χ2n) is 5.82. The van der Waals surface area contributed by atoms with E-state index in [0.717, 1.165) is 30.7 Å². The minimum absolute atomic E-state index is 0.434. The van der Waals surface area contributed by atoms with Crippen LogP contribution in [0.2, 0.25) is 0 Å². The molecule has 0 radical (unpaired) electrons. The summed E-state index contributed by atoms with van der Waals surface area (Å²) >= 11 is 0. The molecular formula is C14H23N3O. The van der Waals surface area contributed by atoms with Gasteiger partial charge in [-0.1, -0.05) is 18.5 Å². The van der Waals surface area contributed by atoms with Gasteiger partial charge in [0, 0.05) is 12.5 Å². The number of piperidine rings is 1. The zero-order valence-electron chi connectivity index (χ0n) is 11.2. The van der Waals surface area contributed by atoms with Gasteiger partial charge in [0.1, 0.15) is 0 Å². The number of nitrogens with one attached hydrogen (secondary N) is 1. The molecule has 2 heterocycles. The van der Waals surface area contributed by atoms with Gasteiger partial charge < -0.3 is 9.84 Å². The highest BCUT2D eigenvalue weighted by Crippen LogP contribution is 2.38. The van der Waals surface area contributed by atoms with Crippen molar-refractivity contribution in [3.63, 3.8) is 0 Å². The van der Waals surface area contributed by atoms with Crippen molar-refractivity contribution in [2.24, 2.45) is 5.92 Å². The first kappa shape index (κ1) is 12.2. The third kappa shape index (κ3) is 2.44. The molecule has 0 spiro atoms. The lowest BCUT2D eigenvalue weighted by Crippen LogP contribution is -2.28. The van der Waals surface area contributed by atoms with Crippen LogP contribution in [0.5, 0.6) is 0 Å². The molecule has 18 heavy (non-hydrogen) atoms. The van der Waals surface area contributed by atoms with Crippen LogP contribution in [0.4, 0.5) is 0 Å². The summed E-state index contributed by atoms with van der Waals surface area (Å²) in [4.78, 5) is 4.67. The molecule has 2 unspecified atom stereocenters. The maximum Gasteiger partial charge on any atom is 0.231 e. The van der Waals surface area contributed by atoms with E-state index in [1.54, 1.807) is 0 Å². The van der Waals surface area contributed by atoms with Gasteiger partial charge >= 0.3 is 0 Å². The Morgan fingerprint density at radius 1 is 1.28 bits per heavy atom. The molecule has 1 aromatic heterocycles. The number of hydrogen-bond donors (Lipinski definition) is 1. The molecule has 0 bridgehead atoms. The van der Waals surface area contributed by atoms with Crippen LogP contribution in [0, 0.1) is 5.92 Å². The van der Waals surface area contributed by atoms with Crippen LogP contribution in [0.3, 0.4) is 0 Å². The molecule has 1 N–H and O–H groups in total. The summed E-state index contributed by atoms with van der Waals surface area (Å²) < 4.78 is 5.48. The van der Waals surface area contributed by atoms with Gasteiger partial charge in [-0.15, -0.1) is 0 Å². The van der Waals surface area contributed by atoms with Gasteiger partial charge in [0.2, 0.25) is 5.89 Å². The van der Waals surface area contributed by atoms with Crippen LogP contribution in [-0.4, -0.2) is 23.2 Å². The van der Waals surface area contributed by atoms with Crippen LogP contribution < -0.4 is 5.32 Å². The molecule has 1 aliphatic carbocycles. The van der Waals surface area contributed by atoms with Crippen molar-refractivity contribution in [3.8, 4) is 0 Å². The number of rotatable bonds is 3. The topological polar surface area (TPSA) is 51.0 Å². The predicted octanol–water partition coefficient (Wildman–Crippen LogP) is 2.83. The van der Waals surface area contributed by atoms with Crippen LogP contribution >= 0.6 is 0 Å². The Hall–Kier alpha value is -0.900. The Labute approximate surface area is 109 Å². The average molecular weight is 249 g/mol. The van der Waals surface area contributed by atoms with Crippen LogP contribution in [0.25, 0.3) is 0 Å². The molecule has 1 aromatic rings. The van der Waals surface area contributed by atoms with E-state index in [1.807, 2.05) is 0 Å². The molecular weight excluding hydrogens is 226 g/mol. The highest BCUT2D eigenvalue weighted by molar-refractivity contribution is 5.03. The first-order valence-corrected chi connectivity index (χ1v) is 7.41. The zero-order valence-corrected chi connectivity index (χ0v) is 11.2. The number of nitrogens with zero attached hydrogens (tertiary/aromatic N) is 2. The van der Waals surface area contributed by atoms with Crippen molar-refractivity contribution in [2.45, 2.75) is 57.3 Å². The van der Waals surface area contributed by atoms with Gasteiger partial charge in [0.05, 0.1) is 5.92 Å². The Morgan fingerprint density at radius 2 is 2.22 bits per heavy atom. The van der Waals surface area contributed by atoms with Crippen molar-refractivity contribution in [1.82, 2.24) is 15.5 Å². The lowest BCUT2D eigenvalue weighted by Gasteiger charge is -2.18. The highest BCUT2D eigenvalue weighted by atomic mass is 16.5. The first-order chi connectivity index (χ1) is 8.86. The Kier molecular flexibility index (Phi) is 3.64. The lowest BCUT2D eigenvalue weighted by atomic mass is 9.99. The maximum atomic E-state index is 5.48. The first-order valence-electron chi connectivity index (χ1n) is 7.41. The van der Waals surface area contributed by atoms with Gasteiger partial charge in [-0.3, -0.25) is 0 Å². The molecule has 100 valence electrons. The zero-order chi connectivity index (χ0) is 12.4. The largest absolute Gasteiger partial charge is 0.339 e. The standard InChI is InChI=1S/C14H23N3O/c1-2-10-5-6-11(8-10)13-16-14(18-17-13)12-4-3-7-15-9-12/h10-12,15H,2-9H2,1H3/t10?,11?,12-/m0/s1. The molecule has 2 aliphatic rings. The average Bonchev–Trinajstić information content (AvgIpc) is 3.08. The van der Waals surface area contributed by atoms with E-state index in [0.29, 0.717) is 11.8 Å². The van der Waals surface area contributed by atoms with Gasteiger partial charge in [0.25, 0.3) is 0 Å². The number of aromatic nitrogens is 2. The van der Waals surface area contributed by atoms with E-state index in [4.69, 9.17) is 4.52 Å². The third-order valence-corrected chi connectivity index (χ3v) is 4.59. The minimum atomic E-state index is 0.434. The number of hydrogen-bond acceptors (Lipinski definition) is 4.